The number of aromatic nitrogens is 1. The molecule has 3 rings (SSSR count). The summed E-state index contributed by atoms with van der Waals surface area (Å²) in [5.74, 6) is -0.429. The van der Waals surface area contributed by atoms with Crippen LogP contribution < -0.4 is 5.32 Å². The van der Waals surface area contributed by atoms with E-state index in [0.29, 0.717) is 5.56 Å². The van der Waals surface area contributed by atoms with E-state index in [1.807, 2.05) is 49.4 Å². The number of hydrogen-bond acceptors (Lipinski definition) is 2. The summed E-state index contributed by atoms with van der Waals surface area (Å²) in [5, 5.41) is 3.69. The Morgan fingerprint density at radius 3 is 2.72 bits per heavy atom. The van der Waals surface area contributed by atoms with Crippen molar-refractivity contribution in [2.24, 2.45) is 0 Å². The van der Waals surface area contributed by atoms with Gasteiger partial charge in [-0.05, 0) is 36.8 Å². The molecule has 2 amide bonds. The molecule has 25 heavy (non-hydrogen) atoms. The van der Waals surface area contributed by atoms with Gasteiger partial charge in [0.15, 0.2) is 0 Å². The molecule has 1 aromatic heterocycles. The minimum atomic E-state index is -0.235. The summed E-state index contributed by atoms with van der Waals surface area (Å²) in [5.41, 5.74) is 3.15. The predicted octanol–water partition coefficient (Wildman–Crippen LogP) is 3.95. The molecule has 128 valence electrons. The summed E-state index contributed by atoms with van der Waals surface area (Å²) in [4.78, 5) is 29.4. The third-order valence-electron chi connectivity index (χ3n) is 4.01. The number of likely N-dealkylation sites (N-methyl/N-ethyl adjacent to an activating group) is 1. The van der Waals surface area contributed by atoms with E-state index < -0.39 is 0 Å². The van der Waals surface area contributed by atoms with Gasteiger partial charge in [-0.1, -0.05) is 34.1 Å². The summed E-state index contributed by atoms with van der Waals surface area (Å²) in [6.07, 6.45) is 1.68. The van der Waals surface area contributed by atoms with Crippen molar-refractivity contribution >= 4 is 44.3 Å². The second-order valence-corrected chi connectivity index (χ2v) is 6.83. The highest BCUT2D eigenvalue weighted by atomic mass is 79.9. The van der Waals surface area contributed by atoms with Gasteiger partial charge in [0.25, 0.3) is 5.91 Å². The molecule has 0 radical (unpaired) electrons. The lowest BCUT2D eigenvalue weighted by Gasteiger charge is -2.17. The second kappa shape index (κ2) is 7.11. The van der Waals surface area contributed by atoms with Gasteiger partial charge in [0.1, 0.15) is 0 Å². The number of aromatic amines is 1. The van der Waals surface area contributed by atoms with Crippen molar-refractivity contribution in [3.63, 3.8) is 0 Å². The predicted molar refractivity (Wildman–Crippen MR) is 103 cm³/mol. The highest BCUT2D eigenvalue weighted by molar-refractivity contribution is 9.10. The Morgan fingerprint density at radius 2 is 1.96 bits per heavy atom. The van der Waals surface area contributed by atoms with Crippen LogP contribution in [-0.4, -0.2) is 35.3 Å². The fourth-order valence-electron chi connectivity index (χ4n) is 2.70. The van der Waals surface area contributed by atoms with Crippen LogP contribution in [0.25, 0.3) is 10.9 Å². The number of nitrogens with one attached hydrogen (secondary N) is 2. The molecule has 0 spiro atoms. The van der Waals surface area contributed by atoms with Gasteiger partial charge in [0.2, 0.25) is 5.91 Å². The standard InChI is InChI=1S/C19H18BrN3O2/c1-12-9-13(20)7-8-16(12)22-18(24)11-23(2)19(25)15-10-21-17-6-4-3-5-14(15)17/h3-10,21H,11H2,1-2H3,(H,22,24). The van der Waals surface area contributed by atoms with E-state index in [2.05, 4.69) is 26.2 Å². The monoisotopic (exact) mass is 399 g/mol. The molecule has 0 aliphatic carbocycles. The molecule has 1 heterocycles. The summed E-state index contributed by atoms with van der Waals surface area (Å²) in [7, 11) is 1.62. The summed E-state index contributed by atoms with van der Waals surface area (Å²) >= 11 is 3.40. The van der Waals surface area contributed by atoms with E-state index in [1.54, 1.807) is 13.2 Å². The van der Waals surface area contributed by atoms with Gasteiger partial charge in [-0.15, -0.1) is 0 Å². The molecule has 3 aromatic rings. The maximum Gasteiger partial charge on any atom is 0.256 e. The van der Waals surface area contributed by atoms with Crippen LogP contribution in [0.4, 0.5) is 5.69 Å². The number of benzene rings is 2. The molecule has 0 aliphatic heterocycles. The van der Waals surface area contributed by atoms with Crippen LogP contribution in [0.15, 0.2) is 53.1 Å². The third-order valence-corrected chi connectivity index (χ3v) is 4.50. The zero-order valence-corrected chi connectivity index (χ0v) is 15.6. The Bertz CT molecular complexity index is 949. The number of nitrogens with zero attached hydrogens (tertiary/aromatic N) is 1. The average molecular weight is 400 g/mol. The highest BCUT2D eigenvalue weighted by Gasteiger charge is 2.18. The van der Waals surface area contributed by atoms with Crippen LogP contribution in [0.1, 0.15) is 15.9 Å². The molecular weight excluding hydrogens is 382 g/mol. The van der Waals surface area contributed by atoms with Gasteiger partial charge in [-0.3, -0.25) is 9.59 Å². The number of fused-ring (bicyclic) bond motifs is 1. The normalized spacial score (nSPS) is 10.7. The lowest BCUT2D eigenvalue weighted by molar-refractivity contribution is -0.116. The van der Waals surface area contributed by atoms with Gasteiger partial charge in [0, 0.05) is 34.3 Å². The minimum Gasteiger partial charge on any atom is -0.360 e. The van der Waals surface area contributed by atoms with Gasteiger partial charge in [0.05, 0.1) is 12.1 Å². The van der Waals surface area contributed by atoms with Crippen LogP contribution in [0.5, 0.6) is 0 Å². The Balaban J connectivity index is 1.69. The smallest absolute Gasteiger partial charge is 0.256 e. The highest BCUT2D eigenvalue weighted by Crippen LogP contribution is 2.21. The molecule has 0 atom stereocenters. The first-order valence-corrected chi connectivity index (χ1v) is 8.62. The largest absolute Gasteiger partial charge is 0.360 e. The SMILES string of the molecule is Cc1cc(Br)ccc1NC(=O)CN(C)C(=O)c1c[nH]c2ccccc12. The second-order valence-electron chi connectivity index (χ2n) is 5.92. The number of rotatable bonds is 4. The van der Waals surface area contributed by atoms with Gasteiger partial charge in [-0.25, -0.2) is 0 Å². The first kappa shape index (κ1) is 17.2. The molecule has 2 N–H and O–H groups in total. The van der Waals surface area contributed by atoms with E-state index in [4.69, 9.17) is 0 Å². The molecule has 0 fully saturated rings. The molecule has 6 heteroatoms. The Kier molecular flexibility index (Phi) is 4.90. The van der Waals surface area contributed by atoms with Crippen LogP contribution >= 0.6 is 15.9 Å². The van der Waals surface area contributed by atoms with E-state index >= 15 is 0 Å². The fourth-order valence-corrected chi connectivity index (χ4v) is 3.17. The summed E-state index contributed by atoms with van der Waals surface area (Å²) < 4.78 is 0.953. The van der Waals surface area contributed by atoms with Crippen molar-refractivity contribution in [1.29, 1.82) is 0 Å². The number of para-hydroxylation sites is 1. The first-order valence-electron chi connectivity index (χ1n) is 7.83. The van der Waals surface area contributed by atoms with Gasteiger partial charge < -0.3 is 15.2 Å². The maximum atomic E-state index is 12.6. The lowest BCUT2D eigenvalue weighted by Crippen LogP contribution is -2.35. The maximum absolute atomic E-state index is 12.6. The quantitative estimate of drug-likeness (QED) is 0.697. The minimum absolute atomic E-state index is 0.0200. The number of carbonyl (C=O) groups excluding carboxylic acids is 2. The molecule has 0 unspecified atom stereocenters. The molecule has 0 bridgehead atoms. The Labute approximate surface area is 154 Å². The first-order chi connectivity index (χ1) is 12.0. The van der Waals surface area contributed by atoms with Crippen molar-refractivity contribution < 1.29 is 9.59 Å². The lowest BCUT2D eigenvalue weighted by atomic mass is 10.1. The average Bonchev–Trinajstić information content (AvgIpc) is 3.00. The van der Waals surface area contributed by atoms with Crippen molar-refractivity contribution in [2.75, 3.05) is 18.9 Å². The zero-order chi connectivity index (χ0) is 18.0. The van der Waals surface area contributed by atoms with Crippen LogP contribution in [-0.2, 0) is 4.79 Å². The van der Waals surface area contributed by atoms with Crippen molar-refractivity contribution in [3.8, 4) is 0 Å². The van der Waals surface area contributed by atoms with E-state index in [1.165, 1.54) is 4.90 Å². The molecule has 0 aliphatic rings. The molecule has 0 saturated carbocycles. The zero-order valence-electron chi connectivity index (χ0n) is 14.0. The number of H-pyrrole nitrogens is 1. The number of aryl methyl sites for hydroxylation is 1. The van der Waals surface area contributed by atoms with E-state index in [9.17, 15) is 9.59 Å². The third kappa shape index (κ3) is 3.74. The Hall–Kier alpha value is -2.60. The molecule has 2 aromatic carbocycles. The van der Waals surface area contributed by atoms with Crippen LogP contribution in [0.2, 0.25) is 0 Å². The summed E-state index contributed by atoms with van der Waals surface area (Å²) in [6.45, 7) is 1.90. The van der Waals surface area contributed by atoms with Crippen molar-refractivity contribution in [1.82, 2.24) is 9.88 Å². The topological polar surface area (TPSA) is 65.2 Å². The number of hydrogen-bond donors (Lipinski definition) is 2. The van der Waals surface area contributed by atoms with E-state index in [-0.39, 0.29) is 18.4 Å². The van der Waals surface area contributed by atoms with Crippen molar-refractivity contribution in [3.05, 3.63) is 64.3 Å². The number of anilines is 1. The van der Waals surface area contributed by atoms with Gasteiger partial charge in [-0.2, -0.15) is 0 Å². The molecule has 5 nitrogen and oxygen atoms in total. The number of amides is 2. The van der Waals surface area contributed by atoms with E-state index in [0.717, 1.165) is 26.6 Å². The number of carbonyl (C=O) groups is 2. The summed E-state index contributed by atoms with van der Waals surface area (Å²) in [6, 6.07) is 13.2. The van der Waals surface area contributed by atoms with Gasteiger partial charge >= 0.3 is 0 Å². The fraction of sp³-hybridized carbons (Fsp3) is 0.158. The van der Waals surface area contributed by atoms with Crippen molar-refractivity contribution in [2.45, 2.75) is 6.92 Å². The van der Waals surface area contributed by atoms with Crippen LogP contribution in [0, 0.1) is 6.92 Å². The number of halogens is 1. The Morgan fingerprint density at radius 1 is 1.20 bits per heavy atom. The molecular formula is C19H18BrN3O2. The molecule has 0 saturated heterocycles. The van der Waals surface area contributed by atoms with Crippen LogP contribution in [0.3, 0.4) is 0 Å².